The fraction of sp³-hybridized carbons (Fsp3) is 0.500. The molecule has 0 aromatic heterocycles. The summed E-state index contributed by atoms with van der Waals surface area (Å²) >= 11 is 0. The maximum atomic E-state index is 5.27. The number of nitrogens with two attached hydrogens (primary N) is 1. The molecule has 0 spiro atoms. The van der Waals surface area contributed by atoms with E-state index in [0.29, 0.717) is 14.2 Å². The van der Waals surface area contributed by atoms with E-state index >= 15 is 0 Å². The summed E-state index contributed by atoms with van der Waals surface area (Å²) in [4.78, 5) is 2.44. The van der Waals surface area contributed by atoms with Crippen molar-refractivity contribution < 1.29 is 4.65 Å². The first kappa shape index (κ1) is 11.5. The molecule has 86 valence electrons. The summed E-state index contributed by atoms with van der Waals surface area (Å²) in [6.07, 6.45) is 3.59. The van der Waals surface area contributed by atoms with Crippen LogP contribution in [0.5, 0.6) is 0 Å². The van der Waals surface area contributed by atoms with E-state index < -0.39 is 0 Å². The minimum absolute atomic E-state index is 0.311. The third-order valence-corrected chi connectivity index (χ3v) is 3.06. The number of rotatable bonds is 5. The molecule has 0 atom stereocenters. The number of benzene rings is 1. The van der Waals surface area contributed by atoms with Crippen molar-refractivity contribution in [3.05, 3.63) is 29.8 Å². The summed E-state index contributed by atoms with van der Waals surface area (Å²) in [5.74, 6) is 0. The van der Waals surface area contributed by atoms with Gasteiger partial charge in [0.2, 0.25) is 0 Å². The van der Waals surface area contributed by atoms with Gasteiger partial charge in [-0.25, -0.2) is 0 Å². The Bertz CT molecular complexity index is 309. The Morgan fingerprint density at radius 1 is 1.19 bits per heavy atom. The highest BCUT2D eigenvalue weighted by Crippen LogP contribution is 2.20. The highest BCUT2D eigenvalue weighted by atomic mass is 16.4. The molecule has 1 aromatic rings. The summed E-state index contributed by atoms with van der Waals surface area (Å²) in [6, 6.07) is 8.80. The Labute approximate surface area is 97.9 Å². The lowest BCUT2D eigenvalue weighted by molar-refractivity contribution is 0.348. The molecule has 1 aliphatic rings. The SMILES string of the molecule is NCOBCc1ccc(N2CCCC2)cc1. The van der Waals surface area contributed by atoms with Crippen LogP contribution in [0.4, 0.5) is 5.69 Å². The van der Waals surface area contributed by atoms with Gasteiger partial charge in [-0.2, -0.15) is 0 Å². The zero-order valence-corrected chi connectivity index (χ0v) is 9.69. The molecule has 16 heavy (non-hydrogen) atoms. The van der Waals surface area contributed by atoms with Crippen molar-refractivity contribution in [2.45, 2.75) is 19.2 Å². The molecule has 0 aliphatic carbocycles. The van der Waals surface area contributed by atoms with Crippen molar-refractivity contribution in [1.29, 1.82) is 0 Å². The molecule has 2 N–H and O–H groups in total. The largest absolute Gasteiger partial charge is 0.427 e. The summed E-state index contributed by atoms with van der Waals surface area (Å²) in [5.41, 5.74) is 7.93. The van der Waals surface area contributed by atoms with E-state index in [1.54, 1.807) is 0 Å². The zero-order valence-electron chi connectivity index (χ0n) is 9.69. The van der Waals surface area contributed by atoms with E-state index in [4.69, 9.17) is 10.4 Å². The molecule has 4 heteroatoms. The Hall–Kier alpha value is -0.995. The lowest BCUT2D eigenvalue weighted by Gasteiger charge is -2.17. The minimum atomic E-state index is 0.311. The van der Waals surface area contributed by atoms with E-state index in [1.807, 2.05) is 0 Å². The van der Waals surface area contributed by atoms with Crippen LogP contribution in [0.15, 0.2) is 24.3 Å². The van der Waals surface area contributed by atoms with E-state index in [0.717, 1.165) is 6.32 Å². The van der Waals surface area contributed by atoms with Crippen molar-refractivity contribution in [3.8, 4) is 0 Å². The second-order valence-corrected chi connectivity index (χ2v) is 4.19. The summed E-state index contributed by atoms with van der Waals surface area (Å²) < 4.78 is 5.13. The number of anilines is 1. The standard InChI is InChI=1S/C12H19BN2O/c14-10-16-13-9-11-3-5-12(6-4-11)15-7-1-2-8-15/h3-6,13H,1-2,7-10,14H2. The minimum Gasteiger partial charge on any atom is -0.427 e. The lowest BCUT2D eigenvalue weighted by Crippen LogP contribution is -2.17. The summed E-state index contributed by atoms with van der Waals surface area (Å²) in [5, 5.41) is 0. The molecule has 2 rings (SSSR count). The van der Waals surface area contributed by atoms with Crippen molar-refractivity contribution in [3.63, 3.8) is 0 Å². The average Bonchev–Trinajstić information content (AvgIpc) is 2.84. The van der Waals surface area contributed by atoms with Crippen LogP contribution in [0, 0.1) is 0 Å². The van der Waals surface area contributed by atoms with Crippen LogP contribution in [0.1, 0.15) is 18.4 Å². The number of hydrogen-bond donors (Lipinski definition) is 1. The third-order valence-electron chi connectivity index (χ3n) is 3.06. The van der Waals surface area contributed by atoms with E-state index in [2.05, 4.69) is 29.2 Å². The van der Waals surface area contributed by atoms with Crippen LogP contribution in [-0.4, -0.2) is 27.3 Å². The highest BCUT2D eigenvalue weighted by molar-refractivity contribution is 6.26. The van der Waals surface area contributed by atoms with Crippen LogP contribution in [0.3, 0.4) is 0 Å². The van der Waals surface area contributed by atoms with Crippen molar-refractivity contribution in [2.24, 2.45) is 5.73 Å². The van der Waals surface area contributed by atoms with E-state index in [-0.39, 0.29) is 0 Å². The molecule has 0 amide bonds. The molecule has 0 radical (unpaired) electrons. The molecular weight excluding hydrogens is 199 g/mol. The predicted molar refractivity (Wildman–Crippen MR) is 68.9 cm³/mol. The first-order valence-electron chi connectivity index (χ1n) is 6.02. The van der Waals surface area contributed by atoms with Gasteiger partial charge < -0.3 is 15.3 Å². The van der Waals surface area contributed by atoms with Crippen molar-refractivity contribution >= 4 is 13.2 Å². The molecule has 3 nitrogen and oxygen atoms in total. The Kier molecular flexibility index (Phi) is 4.25. The topological polar surface area (TPSA) is 38.5 Å². The summed E-state index contributed by atoms with van der Waals surface area (Å²) in [6.45, 7) is 2.72. The third kappa shape index (κ3) is 3.00. The monoisotopic (exact) mass is 218 g/mol. The van der Waals surface area contributed by atoms with Crippen LogP contribution in [0.25, 0.3) is 0 Å². The number of hydrogen-bond acceptors (Lipinski definition) is 3. The first-order valence-corrected chi connectivity index (χ1v) is 6.02. The van der Waals surface area contributed by atoms with Gasteiger partial charge in [-0.05, 0) is 31.3 Å². The van der Waals surface area contributed by atoms with Crippen LogP contribution in [0.2, 0.25) is 0 Å². The molecular formula is C12H19BN2O. The van der Waals surface area contributed by atoms with Gasteiger partial charge in [-0.1, -0.05) is 17.7 Å². The maximum Gasteiger partial charge on any atom is 0.281 e. The van der Waals surface area contributed by atoms with Gasteiger partial charge in [0.1, 0.15) is 0 Å². The fourth-order valence-corrected chi connectivity index (χ4v) is 2.12. The van der Waals surface area contributed by atoms with E-state index in [1.165, 1.54) is 37.2 Å². The Morgan fingerprint density at radius 3 is 2.50 bits per heavy atom. The smallest absolute Gasteiger partial charge is 0.281 e. The fourth-order valence-electron chi connectivity index (χ4n) is 2.12. The maximum absolute atomic E-state index is 5.27. The van der Waals surface area contributed by atoms with Crippen LogP contribution < -0.4 is 10.6 Å². The molecule has 1 heterocycles. The molecule has 1 saturated heterocycles. The van der Waals surface area contributed by atoms with Crippen LogP contribution in [-0.2, 0) is 11.0 Å². The predicted octanol–water partition coefficient (Wildman–Crippen LogP) is 1.07. The zero-order chi connectivity index (χ0) is 11.2. The van der Waals surface area contributed by atoms with Gasteiger partial charge in [-0.3, -0.25) is 0 Å². The molecule has 1 fully saturated rings. The van der Waals surface area contributed by atoms with Crippen LogP contribution >= 0.6 is 0 Å². The molecule has 0 bridgehead atoms. The quantitative estimate of drug-likeness (QED) is 0.456. The summed E-state index contributed by atoms with van der Waals surface area (Å²) in [7, 11) is 0.708. The number of nitrogens with zero attached hydrogens (tertiary/aromatic N) is 1. The van der Waals surface area contributed by atoms with E-state index in [9.17, 15) is 0 Å². The molecule has 1 aliphatic heterocycles. The molecule has 0 saturated carbocycles. The molecule has 0 unspecified atom stereocenters. The lowest BCUT2D eigenvalue weighted by atomic mass is 9.89. The normalized spacial score (nSPS) is 15.4. The van der Waals surface area contributed by atoms with Gasteiger partial charge in [-0.15, -0.1) is 0 Å². The van der Waals surface area contributed by atoms with Gasteiger partial charge in [0, 0.05) is 18.8 Å². The first-order chi connectivity index (χ1) is 7.90. The van der Waals surface area contributed by atoms with Gasteiger partial charge in [0.25, 0.3) is 7.48 Å². The second-order valence-electron chi connectivity index (χ2n) is 4.19. The molecule has 1 aromatic carbocycles. The van der Waals surface area contributed by atoms with Gasteiger partial charge in [0.15, 0.2) is 0 Å². The average molecular weight is 218 g/mol. The Morgan fingerprint density at radius 2 is 1.88 bits per heavy atom. The van der Waals surface area contributed by atoms with Crippen molar-refractivity contribution in [1.82, 2.24) is 0 Å². The Balaban J connectivity index is 1.88. The van der Waals surface area contributed by atoms with Gasteiger partial charge in [0.05, 0.1) is 6.73 Å². The van der Waals surface area contributed by atoms with Gasteiger partial charge >= 0.3 is 0 Å². The second kappa shape index (κ2) is 5.92. The highest BCUT2D eigenvalue weighted by Gasteiger charge is 2.11. The van der Waals surface area contributed by atoms with Crippen molar-refractivity contribution in [2.75, 3.05) is 24.7 Å².